The molecule has 4 rings (SSSR count). The number of methoxy groups -OCH3 is 2. The maximum atomic E-state index is 12.6. The lowest BCUT2D eigenvalue weighted by Crippen LogP contribution is -2.08. The van der Waals surface area contributed by atoms with Crippen LogP contribution in [-0.4, -0.2) is 14.2 Å². The Bertz CT molecular complexity index is 1310. The van der Waals surface area contributed by atoms with Crippen LogP contribution in [0.4, 0.5) is 0 Å². The van der Waals surface area contributed by atoms with Gasteiger partial charge in [-0.3, -0.25) is 4.79 Å². The molecule has 1 aromatic heterocycles. The molecule has 0 fully saturated rings. The summed E-state index contributed by atoms with van der Waals surface area (Å²) in [6.07, 6.45) is 14.1. The molecular formula is C32H38O4. The zero-order chi connectivity index (χ0) is 26.1. The third-order valence-corrected chi connectivity index (χ3v) is 6.32. The molecule has 36 heavy (non-hydrogen) atoms. The van der Waals surface area contributed by atoms with E-state index in [-0.39, 0.29) is 11.2 Å². The Morgan fingerprint density at radius 2 is 1.64 bits per heavy atom. The normalized spacial score (nSPS) is 15.6. The van der Waals surface area contributed by atoms with E-state index in [2.05, 4.69) is 52.0 Å². The Morgan fingerprint density at radius 3 is 2.33 bits per heavy atom. The van der Waals surface area contributed by atoms with Crippen LogP contribution in [0.1, 0.15) is 53.4 Å². The van der Waals surface area contributed by atoms with Crippen molar-refractivity contribution in [1.29, 1.82) is 0 Å². The van der Waals surface area contributed by atoms with Gasteiger partial charge in [0.2, 0.25) is 11.2 Å². The second-order valence-electron chi connectivity index (χ2n) is 9.94. The number of hydrogen-bond donors (Lipinski definition) is 0. The van der Waals surface area contributed by atoms with E-state index in [1.54, 1.807) is 25.3 Å². The molecule has 3 aromatic rings. The van der Waals surface area contributed by atoms with Crippen LogP contribution >= 0.6 is 0 Å². The largest absolute Gasteiger partial charge is 0.493 e. The van der Waals surface area contributed by atoms with Gasteiger partial charge < -0.3 is 13.9 Å². The first-order chi connectivity index (χ1) is 17.3. The Balaban J connectivity index is 0.000000214. The molecule has 0 N–H and O–H groups in total. The Hall–Kier alpha value is -3.53. The van der Waals surface area contributed by atoms with Crippen LogP contribution < -0.4 is 14.9 Å². The maximum absolute atomic E-state index is 12.6. The van der Waals surface area contributed by atoms with Crippen molar-refractivity contribution in [2.75, 3.05) is 14.2 Å². The Morgan fingerprint density at radius 1 is 0.889 bits per heavy atom. The van der Waals surface area contributed by atoms with E-state index < -0.39 is 0 Å². The van der Waals surface area contributed by atoms with Crippen LogP contribution in [0.15, 0.2) is 93.2 Å². The van der Waals surface area contributed by atoms with E-state index >= 15 is 0 Å². The first-order valence-corrected chi connectivity index (χ1v) is 12.5. The summed E-state index contributed by atoms with van der Waals surface area (Å²) in [5.74, 6) is 1.12. The Labute approximate surface area is 214 Å². The first-order valence-electron chi connectivity index (χ1n) is 12.5. The number of benzene rings is 2. The van der Waals surface area contributed by atoms with Gasteiger partial charge in [0.05, 0.1) is 19.6 Å². The molecule has 0 unspecified atom stereocenters. The van der Waals surface area contributed by atoms with Crippen molar-refractivity contribution in [3.8, 4) is 22.8 Å². The fraction of sp³-hybridized carbons (Fsp3) is 0.344. The van der Waals surface area contributed by atoms with Crippen LogP contribution in [0.2, 0.25) is 0 Å². The molecule has 0 aliphatic heterocycles. The molecule has 1 aliphatic rings. The molecule has 0 radical (unpaired) electrons. The highest BCUT2D eigenvalue weighted by Gasteiger charge is 2.18. The number of hydrogen-bond acceptors (Lipinski definition) is 4. The second kappa shape index (κ2) is 12.4. The molecule has 1 heterocycles. The van der Waals surface area contributed by atoms with Crippen LogP contribution in [0.5, 0.6) is 11.5 Å². The van der Waals surface area contributed by atoms with E-state index in [1.165, 1.54) is 31.1 Å². The van der Waals surface area contributed by atoms with E-state index in [9.17, 15) is 4.79 Å². The SMILES string of the molecule is CC1=CCCC(C)=CCC(C)(C)C=CC1.COc1c(-c2ccccc2)oc2c(OC)cccc2c1=O. The van der Waals surface area contributed by atoms with Crippen LogP contribution in [0, 0.1) is 5.41 Å². The van der Waals surface area contributed by atoms with Gasteiger partial charge in [0, 0.05) is 5.56 Å². The number of ether oxygens (including phenoxy) is 2. The standard InChI is InChI=1S/C17H14O4.C15H24/c1-19-13-10-6-9-12-14(18)17(20-2)15(21-16(12)13)11-7-4-3-5-8-11;1-13-7-5-8-14(2)10-12-15(3,4)11-6-9-13/h3-10H,1-2H3;6-7,10-11H,5,8-9,12H2,1-4H3. The highest BCUT2D eigenvalue weighted by Crippen LogP contribution is 2.34. The average molecular weight is 487 g/mol. The summed E-state index contributed by atoms with van der Waals surface area (Å²) >= 11 is 0. The van der Waals surface area contributed by atoms with Crippen molar-refractivity contribution >= 4 is 11.0 Å². The van der Waals surface area contributed by atoms with Crippen molar-refractivity contribution in [1.82, 2.24) is 0 Å². The second-order valence-corrected chi connectivity index (χ2v) is 9.94. The molecule has 0 saturated heterocycles. The molecule has 4 nitrogen and oxygen atoms in total. The summed E-state index contributed by atoms with van der Waals surface area (Å²) in [5, 5.41) is 0.436. The summed E-state index contributed by atoms with van der Waals surface area (Å²) in [7, 11) is 3.01. The van der Waals surface area contributed by atoms with Crippen molar-refractivity contribution in [3.63, 3.8) is 0 Å². The van der Waals surface area contributed by atoms with Gasteiger partial charge >= 0.3 is 0 Å². The minimum atomic E-state index is -0.212. The predicted molar refractivity (Wildman–Crippen MR) is 150 cm³/mol. The molecule has 0 atom stereocenters. The first kappa shape index (κ1) is 27.1. The number of rotatable bonds is 3. The van der Waals surface area contributed by atoms with Crippen LogP contribution in [-0.2, 0) is 0 Å². The molecule has 2 aromatic carbocycles. The third-order valence-electron chi connectivity index (χ3n) is 6.32. The van der Waals surface area contributed by atoms with Gasteiger partial charge in [-0.2, -0.15) is 0 Å². The van der Waals surface area contributed by atoms with Crippen LogP contribution in [0.25, 0.3) is 22.3 Å². The topological polar surface area (TPSA) is 48.7 Å². The van der Waals surface area contributed by atoms with E-state index in [4.69, 9.17) is 13.9 Å². The molecule has 0 spiro atoms. The highest BCUT2D eigenvalue weighted by atomic mass is 16.5. The van der Waals surface area contributed by atoms with E-state index in [1.807, 2.05) is 30.3 Å². The summed E-state index contributed by atoms with van der Waals surface area (Å²) in [5.41, 5.74) is 4.32. The predicted octanol–water partition coefficient (Wildman–Crippen LogP) is 8.51. The van der Waals surface area contributed by atoms with Crippen molar-refractivity contribution in [2.45, 2.75) is 53.4 Å². The van der Waals surface area contributed by atoms with Crippen molar-refractivity contribution < 1.29 is 13.9 Å². The minimum Gasteiger partial charge on any atom is -0.493 e. The zero-order valence-corrected chi connectivity index (χ0v) is 22.4. The van der Waals surface area contributed by atoms with Crippen molar-refractivity contribution in [3.05, 3.63) is 94.2 Å². The maximum Gasteiger partial charge on any atom is 0.235 e. The smallest absolute Gasteiger partial charge is 0.235 e. The molecule has 0 amide bonds. The molecular weight excluding hydrogens is 448 g/mol. The monoisotopic (exact) mass is 486 g/mol. The Kier molecular flexibility index (Phi) is 9.35. The highest BCUT2D eigenvalue weighted by molar-refractivity contribution is 5.86. The fourth-order valence-electron chi connectivity index (χ4n) is 4.10. The van der Waals surface area contributed by atoms with E-state index in [0.717, 1.165) is 18.4 Å². The van der Waals surface area contributed by atoms with Crippen molar-refractivity contribution in [2.24, 2.45) is 5.41 Å². The average Bonchev–Trinajstić information content (AvgIpc) is 2.90. The number of allylic oxidation sites excluding steroid dienone is 6. The molecule has 190 valence electrons. The van der Waals surface area contributed by atoms with Crippen LogP contribution in [0.3, 0.4) is 0 Å². The summed E-state index contributed by atoms with van der Waals surface area (Å²) in [6.45, 7) is 9.10. The number of fused-ring (bicyclic) bond motifs is 1. The molecule has 0 saturated carbocycles. The molecule has 1 aliphatic carbocycles. The van der Waals surface area contributed by atoms with Gasteiger partial charge in [0.1, 0.15) is 0 Å². The van der Waals surface area contributed by atoms with Gasteiger partial charge in [-0.05, 0) is 57.1 Å². The summed E-state index contributed by atoms with van der Waals surface area (Å²) in [4.78, 5) is 12.6. The van der Waals surface area contributed by atoms with E-state index in [0.29, 0.717) is 27.9 Å². The quantitative estimate of drug-likeness (QED) is 0.348. The minimum absolute atomic E-state index is 0.196. The third kappa shape index (κ3) is 7.00. The van der Waals surface area contributed by atoms with Gasteiger partial charge in [0.15, 0.2) is 17.1 Å². The molecule has 4 heteroatoms. The van der Waals surface area contributed by atoms with Gasteiger partial charge in [0.25, 0.3) is 0 Å². The zero-order valence-electron chi connectivity index (χ0n) is 22.4. The lowest BCUT2D eigenvalue weighted by atomic mass is 9.87. The van der Waals surface area contributed by atoms with Gasteiger partial charge in [-0.15, -0.1) is 0 Å². The summed E-state index contributed by atoms with van der Waals surface area (Å²) < 4.78 is 16.5. The summed E-state index contributed by atoms with van der Waals surface area (Å²) in [6, 6.07) is 14.6. The number of para-hydroxylation sites is 1. The lowest BCUT2D eigenvalue weighted by molar-refractivity contribution is 0.391. The molecule has 0 bridgehead atoms. The van der Waals surface area contributed by atoms with Gasteiger partial charge in [-0.1, -0.05) is 85.7 Å². The van der Waals surface area contributed by atoms with Gasteiger partial charge in [-0.25, -0.2) is 0 Å². The lowest BCUT2D eigenvalue weighted by Gasteiger charge is -2.18. The fourth-order valence-corrected chi connectivity index (χ4v) is 4.10.